The van der Waals surface area contributed by atoms with Crippen LogP contribution in [-0.4, -0.2) is 30.2 Å². The lowest BCUT2D eigenvalue weighted by Gasteiger charge is -2.60. The topological polar surface area (TPSA) is 83.8 Å². The molecular formula is C15H17ClN4O2. The van der Waals surface area contributed by atoms with Crippen molar-refractivity contribution in [1.29, 1.82) is 0 Å². The monoisotopic (exact) mass is 320 g/mol. The molecule has 0 aromatic carbocycles. The quantitative estimate of drug-likeness (QED) is 0.785. The number of H-pyrrole nitrogens is 1. The molecule has 0 radical (unpaired) electrons. The molecule has 0 amide bonds. The van der Waals surface area contributed by atoms with Crippen LogP contribution < -0.4 is 5.69 Å². The third-order valence-corrected chi connectivity index (χ3v) is 6.05. The number of halogens is 1. The Bertz CT molecular complexity index is 828. The Labute approximate surface area is 131 Å². The summed E-state index contributed by atoms with van der Waals surface area (Å²) >= 11 is 5.93. The molecule has 2 unspecified atom stereocenters. The van der Waals surface area contributed by atoms with Crippen molar-refractivity contribution >= 4 is 22.8 Å². The lowest BCUT2D eigenvalue weighted by molar-refractivity contribution is -0.156. The van der Waals surface area contributed by atoms with Gasteiger partial charge >= 0.3 is 5.69 Å². The molecule has 6 rings (SSSR count). The van der Waals surface area contributed by atoms with Crippen molar-refractivity contribution in [3.05, 3.63) is 22.0 Å². The molecule has 4 aliphatic rings. The fraction of sp³-hybridized carbons (Fsp3) is 0.667. The van der Waals surface area contributed by atoms with Crippen LogP contribution in [0.2, 0.25) is 5.28 Å². The third-order valence-electron chi connectivity index (χ3n) is 5.87. The predicted molar refractivity (Wildman–Crippen MR) is 80.8 cm³/mol. The number of hydrogen-bond donors (Lipinski definition) is 2. The summed E-state index contributed by atoms with van der Waals surface area (Å²) < 4.78 is 1.76. The Morgan fingerprint density at radius 1 is 1.32 bits per heavy atom. The lowest BCUT2D eigenvalue weighted by atomic mass is 9.51. The molecule has 116 valence electrons. The van der Waals surface area contributed by atoms with E-state index in [4.69, 9.17) is 11.6 Å². The van der Waals surface area contributed by atoms with Gasteiger partial charge < -0.3 is 10.1 Å². The van der Waals surface area contributed by atoms with Crippen molar-refractivity contribution in [3.8, 4) is 0 Å². The smallest absolute Gasteiger partial charge is 0.328 e. The summed E-state index contributed by atoms with van der Waals surface area (Å²) in [5.41, 5.74) is 0.0558. The van der Waals surface area contributed by atoms with Crippen molar-refractivity contribution in [3.63, 3.8) is 0 Å². The first-order valence-corrected chi connectivity index (χ1v) is 8.20. The molecule has 6 nitrogen and oxygen atoms in total. The fourth-order valence-corrected chi connectivity index (χ4v) is 5.87. The maximum Gasteiger partial charge on any atom is 0.328 e. The molecule has 22 heavy (non-hydrogen) atoms. The third kappa shape index (κ3) is 1.62. The zero-order valence-electron chi connectivity index (χ0n) is 12.0. The first kappa shape index (κ1) is 13.1. The molecule has 2 aromatic heterocycles. The fourth-order valence-electron chi connectivity index (χ4n) is 5.75. The number of fused-ring (bicyclic) bond motifs is 1. The SMILES string of the molecule is O=c1[nH]c2cnc(Cl)nc2n1C12CC3CC(CC(O)(C3)C1)C2. The van der Waals surface area contributed by atoms with E-state index in [1.807, 2.05) is 0 Å². The van der Waals surface area contributed by atoms with Gasteiger partial charge in [0.05, 0.1) is 17.3 Å². The summed E-state index contributed by atoms with van der Waals surface area (Å²) in [6, 6.07) is 0. The van der Waals surface area contributed by atoms with Crippen LogP contribution in [0.15, 0.2) is 11.0 Å². The Morgan fingerprint density at radius 3 is 2.73 bits per heavy atom. The van der Waals surface area contributed by atoms with Gasteiger partial charge in [0.1, 0.15) is 5.52 Å². The van der Waals surface area contributed by atoms with Crippen molar-refractivity contribution in [1.82, 2.24) is 19.5 Å². The molecule has 4 saturated carbocycles. The summed E-state index contributed by atoms with van der Waals surface area (Å²) in [7, 11) is 0. The Morgan fingerprint density at radius 2 is 2.05 bits per heavy atom. The maximum atomic E-state index is 12.6. The van der Waals surface area contributed by atoms with Crippen LogP contribution in [0.25, 0.3) is 11.2 Å². The van der Waals surface area contributed by atoms with E-state index < -0.39 is 5.60 Å². The average molecular weight is 321 g/mol. The summed E-state index contributed by atoms with van der Waals surface area (Å²) in [5, 5.41) is 11.0. The van der Waals surface area contributed by atoms with E-state index in [-0.39, 0.29) is 16.5 Å². The highest BCUT2D eigenvalue weighted by Gasteiger charge is 2.58. The molecule has 2 N–H and O–H groups in total. The number of aromatic amines is 1. The normalized spacial score (nSPS) is 39.7. The highest BCUT2D eigenvalue weighted by Crippen LogP contribution is 2.60. The molecule has 4 aliphatic carbocycles. The van der Waals surface area contributed by atoms with Crippen LogP contribution in [0.4, 0.5) is 0 Å². The first-order chi connectivity index (χ1) is 10.5. The summed E-state index contributed by atoms with van der Waals surface area (Å²) in [6.07, 6.45) is 7.01. The van der Waals surface area contributed by atoms with Crippen LogP contribution in [0.3, 0.4) is 0 Å². The molecule has 4 fully saturated rings. The minimum absolute atomic E-state index is 0.142. The number of rotatable bonds is 1. The van der Waals surface area contributed by atoms with E-state index in [2.05, 4.69) is 15.0 Å². The predicted octanol–water partition coefficient (Wildman–Crippen LogP) is 1.81. The van der Waals surface area contributed by atoms with Gasteiger partial charge in [0.25, 0.3) is 0 Å². The van der Waals surface area contributed by atoms with Crippen molar-refractivity contribution in [2.45, 2.75) is 49.7 Å². The molecular weight excluding hydrogens is 304 g/mol. The van der Waals surface area contributed by atoms with Gasteiger partial charge in [-0.05, 0) is 62.0 Å². The number of nitrogens with one attached hydrogen (secondary N) is 1. The Hall–Kier alpha value is -1.40. The summed E-state index contributed by atoms with van der Waals surface area (Å²) in [6.45, 7) is 0. The number of aliphatic hydroxyl groups is 1. The van der Waals surface area contributed by atoms with Gasteiger partial charge in [-0.3, -0.25) is 4.57 Å². The average Bonchev–Trinajstić information content (AvgIpc) is 2.71. The minimum Gasteiger partial charge on any atom is -0.390 e. The van der Waals surface area contributed by atoms with Crippen molar-refractivity contribution in [2.75, 3.05) is 0 Å². The second-order valence-corrected chi connectivity index (χ2v) is 7.89. The van der Waals surface area contributed by atoms with Crippen molar-refractivity contribution < 1.29 is 5.11 Å². The van der Waals surface area contributed by atoms with E-state index in [0.29, 0.717) is 29.4 Å². The number of aromatic nitrogens is 4. The molecule has 2 atom stereocenters. The van der Waals surface area contributed by atoms with E-state index in [9.17, 15) is 9.90 Å². The standard InChI is InChI=1S/C15H17ClN4O2/c16-12-17-6-10-11(19-12)20(13(21)18-10)14-2-8-1-9(3-14)5-15(22,4-8)7-14/h6,8-9,22H,1-5,7H2,(H,18,21). The van der Waals surface area contributed by atoms with Gasteiger partial charge in [-0.15, -0.1) is 0 Å². The molecule has 2 aromatic rings. The number of imidazole rings is 1. The zero-order valence-corrected chi connectivity index (χ0v) is 12.8. The van der Waals surface area contributed by atoms with Crippen LogP contribution in [0, 0.1) is 11.8 Å². The van der Waals surface area contributed by atoms with Crippen LogP contribution in [-0.2, 0) is 5.54 Å². The summed E-state index contributed by atoms with van der Waals surface area (Å²) in [4.78, 5) is 23.6. The molecule has 0 saturated heterocycles. The maximum absolute atomic E-state index is 12.6. The van der Waals surface area contributed by atoms with Gasteiger partial charge in [0, 0.05) is 0 Å². The first-order valence-electron chi connectivity index (χ1n) is 7.83. The number of hydrogen-bond acceptors (Lipinski definition) is 4. The van der Waals surface area contributed by atoms with Gasteiger partial charge in [0.15, 0.2) is 5.65 Å². The zero-order chi connectivity index (χ0) is 15.1. The number of nitrogens with zero attached hydrogens (tertiary/aromatic N) is 3. The van der Waals surface area contributed by atoms with Gasteiger partial charge in [-0.2, -0.15) is 4.98 Å². The lowest BCUT2D eigenvalue weighted by Crippen LogP contribution is -2.61. The van der Waals surface area contributed by atoms with Crippen LogP contribution in [0.5, 0.6) is 0 Å². The molecule has 0 aliphatic heterocycles. The highest BCUT2D eigenvalue weighted by molar-refractivity contribution is 6.28. The van der Waals surface area contributed by atoms with E-state index in [1.54, 1.807) is 10.8 Å². The van der Waals surface area contributed by atoms with E-state index in [1.165, 1.54) is 6.42 Å². The van der Waals surface area contributed by atoms with Gasteiger partial charge in [-0.1, -0.05) is 0 Å². The summed E-state index contributed by atoms with van der Waals surface area (Å²) in [5.74, 6) is 1.00. The second kappa shape index (κ2) is 3.92. The molecule has 4 bridgehead atoms. The van der Waals surface area contributed by atoms with Crippen LogP contribution >= 0.6 is 11.6 Å². The van der Waals surface area contributed by atoms with Gasteiger partial charge in [0.2, 0.25) is 5.28 Å². The Balaban J connectivity index is 1.76. The highest BCUT2D eigenvalue weighted by atomic mass is 35.5. The molecule has 7 heteroatoms. The second-order valence-electron chi connectivity index (χ2n) is 7.55. The van der Waals surface area contributed by atoms with Crippen molar-refractivity contribution in [2.24, 2.45) is 11.8 Å². The van der Waals surface area contributed by atoms with E-state index >= 15 is 0 Å². The Kier molecular flexibility index (Phi) is 2.33. The molecule has 2 heterocycles. The largest absolute Gasteiger partial charge is 0.390 e. The molecule has 0 spiro atoms. The van der Waals surface area contributed by atoms with Gasteiger partial charge in [-0.25, -0.2) is 9.78 Å². The van der Waals surface area contributed by atoms with Crippen LogP contribution in [0.1, 0.15) is 38.5 Å². The van der Waals surface area contributed by atoms with E-state index in [0.717, 1.165) is 25.7 Å². The minimum atomic E-state index is -0.621.